The fourth-order valence-corrected chi connectivity index (χ4v) is 9.95. The number of nitrogens with zero attached hydrogens (tertiary/aromatic N) is 3. The van der Waals surface area contributed by atoms with Crippen molar-refractivity contribution in [3.8, 4) is 0 Å². The van der Waals surface area contributed by atoms with E-state index in [4.69, 9.17) is 4.74 Å². The molecule has 3 heterocycles. The number of carboxylic acids is 1. The summed E-state index contributed by atoms with van der Waals surface area (Å²) >= 11 is 0. The van der Waals surface area contributed by atoms with E-state index in [1.165, 1.54) is 7.11 Å². The van der Waals surface area contributed by atoms with Crippen molar-refractivity contribution in [1.82, 2.24) is 14.7 Å². The first-order valence-corrected chi connectivity index (χ1v) is 12.7. The van der Waals surface area contributed by atoms with Crippen molar-refractivity contribution >= 4 is 27.6 Å². The number of sulfone groups is 1. The Morgan fingerprint density at radius 3 is 2.30 bits per heavy atom. The number of fused-ring (bicyclic) bond motifs is 2. The van der Waals surface area contributed by atoms with Crippen LogP contribution in [0.1, 0.15) is 39.0 Å². The fourth-order valence-electron chi connectivity index (χ4n) is 6.69. The molecule has 33 heavy (non-hydrogen) atoms. The number of rotatable bonds is 4. The summed E-state index contributed by atoms with van der Waals surface area (Å²) in [5.41, 5.74) is 0.318. The van der Waals surface area contributed by atoms with Crippen LogP contribution < -0.4 is 34.7 Å². The smallest absolute Gasteiger partial charge is 0.549 e. The first-order valence-electron chi connectivity index (χ1n) is 11.1. The van der Waals surface area contributed by atoms with Gasteiger partial charge < -0.3 is 19.5 Å². The van der Waals surface area contributed by atoms with Crippen molar-refractivity contribution in [3.05, 3.63) is 11.3 Å². The molecule has 2 amide bonds. The van der Waals surface area contributed by atoms with Crippen LogP contribution in [-0.4, -0.2) is 97.0 Å². The molecule has 0 aromatic rings. The topological polar surface area (TPSA) is 127 Å². The SMILES string of the molecule is CO[C@H]1C(=O)N2C(C(=O)N3CCN(CC(=O)[O-])CC3)=C(C)C3(CC34CCCC4)S(=O)(=O)[C@H]12.[Na+]. The molecule has 4 fully saturated rings. The minimum absolute atomic E-state index is 0. The standard InChI is InChI=1S/C21H29N3O7S.Na/c1-13-15(17(27)23-9-7-22(8-10-23)11-14(25)26)24-18(28)16(31-2)19(24)32(29,30)21(13)12-20(21)5-3-4-6-20;/h16,19H,3-12H2,1-2H3,(H,25,26);/q;+1/p-1/t16-,19+,21?;/m0./s1. The number of carbonyl (C=O) groups is 3. The van der Waals surface area contributed by atoms with Gasteiger partial charge in [-0.3, -0.25) is 19.4 Å². The Balaban J connectivity index is 0.00000259. The molecule has 176 valence electrons. The number of hydrogen-bond acceptors (Lipinski definition) is 8. The second-order valence-corrected chi connectivity index (χ2v) is 12.0. The number of ether oxygens (including phenoxy) is 1. The van der Waals surface area contributed by atoms with Crippen molar-refractivity contribution in [2.75, 3.05) is 39.8 Å². The Hall–Kier alpha value is -0.980. The molecule has 3 atom stereocenters. The minimum atomic E-state index is -3.77. The number of hydrogen-bond donors (Lipinski definition) is 0. The van der Waals surface area contributed by atoms with Gasteiger partial charge in [-0.25, -0.2) is 8.42 Å². The van der Waals surface area contributed by atoms with Gasteiger partial charge in [-0.1, -0.05) is 12.8 Å². The molecule has 5 aliphatic rings. The molecule has 2 saturated heterocycles. The Bertz CT molecular complexity index is 1030. The van der Waals surface area contributed by atoms with E-state index < -0.39 is 37.9 Å². The molecule has 0 aromatic carbocycles. The number of aliphatic carboxylic acids is 1. The number of carboxylic acid groups (broad SMARTS) is 1. The third kappa shape index (κ3) is 3.22. The van der Waals surface area contributed by atoms with E-state index in [9.17, 15) is 27.9 Å². The maximum atomic E-state index is 13.8. The second-order valence-electron chi connectivity index (χ2n) is 9.71. The van der Waals surface area contributed by atoms with E-state index in [-0.39, 0.29) is 53.1 Å². The summed E-state index contributed by atoms with van der Waals surface area (Å²) < 4.78 is 31.8. The number of β-lactam (4-membered cyclic amide) rings is 1. The van der Waals surface area contributed by atoms with Crippen LogP contribution in [0.3, 0.4) is 0 Å². The summed E-state index contributed by atoms with van der Waals surface area (Å²) in [5.74, 6) is -2.04. The zero-order valence-electron chi connectivity index (χ0n) is 19.3. The van der Waals surface area contributed by atoms with Gasteiger partial charge in [0.05, 0.1) is 5.97 Å². The average Bonchev–Trinajstić information content (AvgIpc) is 3.16. The monoisotopic (exact) mass is 489 g/mol. The predicted octanol–water partition coefficient (Wildman–Crippen LogP) is -4.53. The van der Waals surface area contributed by atoms with Crippen LogP contribution in [0.2, 0.25) is 0 Å². The molecule has 0 N–H and O–H groups in total. The first kappa shape index (κ1) is 25.1. The molecule has 0 radical (unpaired) electrons. The van der Waals surface area contributed by atoms with Gasteiger partial charge in [0.15, 0.2) is 21.3 Å². The van der Waals surface area contributed by atoms with Gasteiger partial charge >= 0.3 is 29.6 Å². The van der Waals surface area contributed by atoms with Gasteiger partial charge in [0.25, 0.3) is 11.8 Å². The van der Waals surface area contributed by atoms with Gasteiger partial charge in [-0.2, -0.15) is 0 Å². The van der Waals surface area contributed by atoms with Crippen molar-refractivity contribution < 1.29 is 62.2 Å². The molecule has 1 unspecified atom stereocenters. The summed E-state index contributed by atoms with van der Waals surface area (Å²) in [6, 6.07) is 0. The quantitative estimate of drug-likeness (QED) is 0.286. The van der Waals surface area contributed by atoms with Crippen LogP contribution in [0, 0.1) is 5.41 Å². The molecule has 2 spiro atoms. The van der Waals surface area contributed by atoms with Gasteiger partial charge in [0, 0.05) is 39.8 Å². The molecule has 0 bridgehead atoms. The summed E-state index contributed by atoms with van der Waals surface area (Å²) in [5, 5.41) is 9.70. The zero-order valence-corrected chi connectivity index (χ0v) is 22.1. The Kier molecular flexibility index (Phi) is 6.32. The van der Waals surface area contributed by atoms with E-state index in [0.29, 0.717) is 38.2 Å². The largest absolute Gasteiger partial charge is 1.00 e. The van der Waals surface area contributed by atoms with E-state index in [1.54, 1.807) is 16.7 Å². The van der Waals surface area contributed by atoms with Crippen LogP contribution in [0.5, 0.6) is 0 Å². The normalized spacial score (nSPS) is 34.2. The average molecular weight is 490 g/mol. The molecule has 5 rings (SSSR count). The molecule has 2 saturated carbocycles. The Labute approximate surface area is 215 Å². The molecule has 0 aromatic heterocycles. The third-order valence-electron chi connectivity index (χ3n) is 8.35. The van der Waals surface area contributed by atoms with Crippen molar-refractivity contribution in [3.63, 3.8) is 0 Å². The van der Waals surface area contributed by atoms with Crippen LogP contribution in [-0.2, 0) is 29.0 Å². The van der Waals surface area contributed by atoms with E-state index in [1.807, 2.05) is 0 Å². The summed E-state index contributed by atoms with van der Waals surface area (Å²) in [6.45, 7) is 2.85. The van der Waals surface area contributed by atoms with Crippen LogP contribution in [0.15, 0.2) is 11.3 Å². The predicted molar refractivity (Wildman–Crippen MR) is 109 cm³/mol. The third-order valence-corrected chi connectivity index (χ3v) is 11.3. The van der Waals surface area contributed by atoms with E-state index in [0.717, 1.165) is 30.6 Å². The molecule has 10 nitrogen and oxygen atoms in total. The zero-order chi connectivity index (χ0) is 23.1. The number of carbonyl (C=O) groups excluding carboxylic acids is 3. The molecule has 3 aliphatic heterocycles. The van der Waals surface area contributed by atoms with E-state index in [2.05, 4.69) is 0 Å². The van der Waals surface area contributed by atoms with Crippen LogP contribution >= 0.6 is 0 Å². The van der Waals surface area contributed by atoms with Crippen molar-refractivity contribution in [1.29, 1.82) is 0 Å². The van der Waals surface area contributed by atoms with Crippen molar-refractivity contribution in [2.45, 2.75) is 55.3 Å². The number of methoxy groups -OCH3 is 1. The fraction of sp³-hybridized carbons (Fsp3) is 0.762. The minimum Gasteiger partial charge on any atom is -0.549 e. The molecular formula is C21H28N3NaO7S. The molecular weight excluding hydrogens is 461 g/mol. The van der Waals surface area contributed by atoms with Gasteiger partial charge in [0.2, 0.25) is 0 Å². The number of amides is 2. The molecule has 2 aliphatic carbocycles. The van der Waals surface area contributed by atoms with Crippen LogP contribution in [0.4, 0.5) is 0 Å². The second kappa shape index (κ2) is 8.30. The maximum Gasteiger partial charge on any atom is 1.00 e. The van der Waals surface area contributed by atoms with Gasteiger partial charge in [-0.05, 0) is 37.2 Å². The summed E-state index contributed by atoms with van der Waals surface area (Å²) in [7, 11) is -2.45. The first-order chi connectivity index (χ1) is 15.1. The summed E-state index contributed by atoms with van der Waals surface area (Å²) in [6.07, 6.45) is 2.96. The van der Waals surface area contributed by atoms with E-state index >= 15 is 0 Å². The van der Waals surface area contributed by atoms with Gasteiger partial charge in [-0.15, -0.1) is 0 Å². The van der Waals surface area contributed by atoms with Crippen molar-refractivity contribution in [2.24, 2.45) is 5.41 Å². The molecule has 12 heteroatoms. The Morgan fingerprint density at radius 2 is 1.76 bits per heavy atom. The van der Waals surface area contributed by atoms with Crippen LogP contribution in [0.25, 0.3) is 0 Å². The maximum absolute atomic E-state index is 13.8. The Morgan fingerprint density at radius 1 is 1.15 bits per heavy atom. The van der Waals surface area contributed by atoms with Gasteiger partial charge in [0.1, 0.15) is 10.4 Å². The summed E-state index contributed by atoms with van der Waals surface area (Å²) in [4.78, 5) is 41.8. The number of piperazine rings is 1.